The third-order valence-corrected chi connectivity index (χ3v) is 2.74. The summed E-state index contributed by atoms with van der Waals surface area (Å²) in [4.78, 5) is 2.48. The van der Waals surface area contributed by atoms with Gasteiger partial charge in [-0.1, -0.05) is 22.6 Å². The first kappa shape index (κ1) is 7.79. The van der Waals surface area contributed by atoms with Crippen LogP contribution in [-0.4, -0.2) is 29.0 Å². The van der Waals surface area contributed by atoms with Crippen LogP contribution in [0, 0.1) is 0 Å². The Bertz CT molecular complexity index is 85.0. The molecule has 1 aliphatic heterocycles. The largest absolute Gasteiger partial charge is 0.303 e. The highest BCUT2D eigenvalue weighted by Crippen LogP contribution is 2.18. The van der Waals surface area contributed by atoms with Crippen LogP contribution < -0.4 is 0 Å². The molecule has 1 nitrogen and oxygen atoms in total. The Morgan fingerprint density at radius 1 is 1.67 bits per heavy atom. The average Bonchev–Trinajstić information content (AvgIpc) is 2.18. The summed E-state index contributed by atoms with van der Waals surface area (Å²) in [5.74, 6) is 0. The van der Waals surface area contributed by atoms with E-state index >= 15 is 0 Å². The second kappa shape index (κ2) is 3.76. The minimum atomic E-state index is 0.905. The van der Waals surface area contributed by atoms with Crippen LogP contribution in [0.5, 0.6) is 0 Å². The smallest absolute Gasteiger partial charge is 0.00999 e. The highest BCUT2D eigenvalue weighted by atomic mass is 127. The summed E-state index contributed by atoms with van der Waals surface area (Å²) in [5, 5.41) is 0. The molecule has 2 heteroatoms. The number of rotatable bonds is 2. The molecule has 1 aliphatic rings. The van der Waals surface area contributed by atoms with Gasteiger partial charge < -0.3 is 4.90 Å². The van der Waals surface area contributed by atoms with Crippen LogP contribution in [0.3, 0.4) is 0 Å². The van der Waals surface area contributed by atoms with Crippen molar-refractivity contribution in [3.05, 3.63) is 0 Å². The Morgan fingerprint density at radius 2 is 2.44 bits per heavy atom. The minimum absolute atomic E-state index is 0.905. The zero-order chi connectivity index (χ0) is 6.69. The van der Waals surface area contributed by atoms with Gasteiger partial charge in [-0.3, -0.25) is 0 Å². The van der Waals surface area contributed by atoms with Gasteiger partial charge in [0.15, 0.2) is 0 Å². The first-order valence-electron chi connectivity index (χ1n) is 3.61. The van der Waals surface area contributed by atoms with Crippen molar-refractivity contribution in [2.24, 2.45) is 0 Å². The molecule has 9 heavy (non-hydrogen) atoms. The van der Waals surface area contributed by atoms with Crippen molar-refractivity contribution in [1.29, 1.82) is 0 Å². The van der Waals surface area contributed by atoms with Gasteiger partial charge in [0.05, 0.1) is 0 Å². The van der Waals surface area contributed by atoms with Gasteiger partial charge in [0.1, 0.15) is 0 Å². The van der Waals surface area contributed by atoms with Gasteiger partial charge in [0.25, 0.3) is 0 Å². The Balaban J connectivity index is 2.22. The molecule has 0 N–H and O–H groups in total. The molecule has 1 rings (SSSR count). The topological polar surface area (TPSA) is 3.24 Å². The van der Waals surface area contributed by atoms with Crippen LogP contribution >= 0.6 is 22.6 Å². The summed E-state index contributed by atoms with van der Waals surface area (Å²) in [6.45, 7) is 1.32. The Labute approximate surface area is 70.9 Å². The fraction of sp³-hybridized carbons (Fsp3) is 1.00. The monoisotopic (exact) mass is 239 g/mol. The van der Waals surface area contributed by atoms with Gasteiger partial charge in [-0.15, -0.1) is 0 Å². The van der Waals surface area contributed by atoms with Crippen molar-refractivity contribution >= 4 is 22.6 Å². The molecule has 1 saturated heterocycles. The van der Waals surface area contributed by atoms with E-state index in [9.17, 15) is 0 Å². The highest BCUT2D eigenvalue weighted by molar-refractivity contribution is 14.1. The number of halogens is 1. The predicted octanol–water partition coefficient (Wildman–Crippen LogP) is 1.91. The first-order chi connectivity index (χ1) is 4.34. The molecule has 0 spiro atoms. The molecule has 0 bridgehead atoms. The molecular weight excluding hydrogens is 225 g/mol. The molecule has 1 fully saturated rings. The van der Waals surface area contributed by atoms with Crippen LogP contribution in [0.1, 0.15) is 19.3 Å². The molecule has 0 radical (unpaired) electrons. The lowest BCUT2D eigenvalue weighted by Crippen LogP contribution is -2.24. The maximum Gasteiger partial charge on any atom is 0.00999 e. The van der Waals surface area contributed by atoms with E-state index in [0.717, 1.165) is 6.04 Å². The van der Waals surface area contributed by atoms with Crippen molar-refractivity contribution in [1.82, 2.24) is 4.90 Å². The van der Waals surface area contributed by atoms with E-state index in [1.54, 1.807) is 0 Å². The molecular formula is C7H14IN. The van der Waals surface area contributed by atoms with Gasteiger partial charge in [-0.25, -0.2) is 0 Å². The maximum absolute atomic E-state index is 2.48. The molecule has 0 aromatic heterocycles. The van der Waals surface area contributed by atoms with Gasteiger partial charge in [-0.2, -0.15) is 0 Å². The van der Waals surface area contributed by atoms with E-state index in [-0.39, 0.29) is 0 Å². The van der Waals surface area contributed by atoms with Crippen molar-refractivity contribution in [3.63, 3.8) is 0 Å². The Hall–Kier alpha value is 0.690. The number of likely N-dealkylation sites (tertiary alicyclic amines) is 1. The van der Waals surface area contributed by atoms with Gasteiger partial charge in [0.2, 0.25) is 0 Å². The summed E-state index contributed by atoms with van der Waals surface area (Å²) >= 11 is 2.46. The third-order valence-electron chi connectivity index (χ3n) is 2.11. The lowest BCUT2D eigenvalue weighted by atomic mass is 10.2. The van der Waals surface area contributed by atoms with Gasteiger partial charge >= 0.3 is 0 Å². The molecule has 1 unspecified atom stereocenters. The van der Waals surface area contributed by atoms with Gasteiger partial charge in [0, 0.05) is 10.5 Å². The van der Waals surface area contributed by atoms with E-state index in [1.807, 2.05) is 0 Å². The first-order valence-corrected chi connectivity index (χ1v) is 5.13. The van der Waals surface area contributed by atoms with Crippen LogP contribution in [0.25, 0.3) is 0 Å². The molecule has 0 amide bonds. The molecule has 0 saturated carbocycles. The van der Waals surface area contributed by atoms with Crippen LogP contribution in [-0.2, 0) is 0 Å². The van der Waals surface area contributed by atoms with Crippen LogP contribution in [0.15, 0.2) is 0 Å². The Morgan fingerprint density at radius 3 is 2.89 bits per heavy atom. The molecule has 0 aromatic carbocycles. The van der Waals surface area contributed by atoms with E-state index in [2.05, 4.69) is 34.5 Å². The van der Waals surface area contributed by atoms with Crippen LogP contribution in [0.4, 0.5) is 0 Å². The van der Waals surface area contributed by atoms with Crippen molar-refractivity contribution in [2.75, 3.05) is 18.0 Å². The number of hydrogen-bond acceptors (Lipinski definition) is 1. The van der Waals surface area contributed by atoms with E-state index in [1.165, 1.54) is 30.2 Å². The quantitative estimate of drug-likeness (QED) is 0.525. The second-order valence-corrected chi connectivity index (χ2v) is 3.83. The lowest BCUT2D eigenvalue weighted by Gasteiger charge is -2.17. The average molecular weight is 239 g/mol. The fourth-order valence-corrected chi connectivity index (χ4v) is 2.19. The van der Waals surface area contributed by atoms with Crippen LogP contribution in [0.2, 0.25) is 0 Å². The Kier molecular flexibility index (Phi) is 3.26. The van der Waals surface area contributed by atoms with Crippen molar-refractivity contribution in [2.45, 2.75) is 25.3 Å². The third kappa shape index (κ3) is 2.08. The second-order valence-electron chi connectivity index (χ2n) is 2.75. The minimum Gasteiger partial charge on any atom is -0.303 e. The molecule has 0 aliphatic carbocycles. The summed E-state index contributed by atoms with van der Waals surface area (Å²) in [5.41, 5.74) is 0. The summed E-state index contributed by atoms with van der Waals surface area (Å²) in [7, 11) is 2.24. The zero-order valence-electron chi connectivity index (χ0n) is 5.94. The van der Waals surface area contributed by atoms with Gasteiger partial charge in [-0.05, 0) is 32.9 Å². The zero-order valence-corrected chi connectivity index (χ0v) is 8.10. The molecule has 54 valence electrons. The van der Waals surface area contributed by atoms with Crippen molar-refractivity contribution < 1.29 is 0 Å². The highest BCUT2D eigenvalue weighted by Gasteiger charge is 2.18. The normalized spacial score (nSPS) is 29.3. The fourth-order valence-electron chi connectivity index (χ4n) is 1.47. The van der Waals surface area contributed by atoms with E-state index in [0.29, 0.717) is 0 Å². The maximum atomic E-state index is 2.48. The lowest BCUT2D eigenvalue weighted by molar-refractivity contribution is 0.306. The molecule has 1 atom stereocenters. The number of nitrogens with zero attached hydrogens (tertiary/aromatic N) is 1. The standard InChI is InChI=1S/C7H14IN/c1-9-6-2-3-7(9)4-5-8/h7H,2-6H2,1H3. The van der Waals surface area contributed by atoms with E-state index in [4.69, 9.17) is 0 Å². The molecule has 0 aromatic rings. The van der Waals surface area contributed by atoms with Crippen molar-refractivity contribution in [3.8, 4) is 0 Å². The summed E-state index contributed by atoms with van der Waals surface area (Å²) < 4.78 is 1.31. The predicted molar refractivity (Wildman–Crippen MR) is 49.2 cm³/mol. The molecule has 1 heterocycles. The number of alkyl halides is 1. The summed E-state index contributed by atoms with van der Waals surface area (Å²) in [6.07, 6.45) is 4.23. The SMILES string of the molecule is CN1CCCC1CCI. The number of hydrogen-bond donors (Lipinski definition) is 0. The van der Waals surface area contributed by atoms with E-state index < -0.39 is 0 Å². The summed E-state index contributed by atoms with van der Waals surface area (Å²) in [6, 6.07) is 0.905.